The van der Waals surface area contributed by atoms with Gasteiger partial charge in [0, 0.05) is 76.6 Å². The zero-order valence-corrected chi connectivity index (χ0v) is 46.3. The van der Waals surface area contributed by atoms with Crippen LogP contribution < -0.4 is 16.4 Å². The van der Waals surface area contributed by atoms with Crippen LogP contribution in [0.15, 0.2) is 57.1 Å². The number of fused-ring (bicyclic) bond motifs is 16. The van der Waals surface area contributed by atoms with Gasteiger partial charge in [0.15, 0.2) is 25.2 Å². The number of phenols is 2. The number of allylic oxidation sites excluding steroid dienone is 2. The van der Waals surface area contributed by atoms with Gasteiger partial charge in [-0.25, -0.2) is 0 Å². The number of carbonyl (C=O) groups excluding carboxylic acids is 4. The number of nitrogens with two attached hydrogens (primary N) is 1. The highest BCUT2D eigenvalue weighted by Gasteiger charge is 2.60. The third-order valence-corrected chi connectivity index (χ3v) is 19.1. The summed E-state index contributed by atoms with van der Waals surface area (Å²) >= 11 is 0. The number of ketones is 2. The van der Waals surface area contributed by atoms with Gasteiger partial charge in [-0.15, -0.1) is 0 Å². The maximum atomic E-state index is 13.8. The monoisotopic (exact) mass is 1070 g/mol. The Kier molecular flexibility index (Phi) is 13.6. The SMILES string of the molecule is CC1=C2OCOC2C2=C(CC3[C@H]4c5c(cc(C)c(C)c5O)C[C@@H]([C@H](C#N)N3[C@H]2CNC(=O)C(C)C)N4C)C1=O.CC1=C2OCOC2C2=C(CC3[C@H]4c5c(cc(C)c(C)c5O)C[C@@H]([C@H](C#N)N3[C@H]2CNC(=O)C(C)N)N4C)C1=O. The number of hydrogen-bond donors (Lipinski definition) is 5. The van der Waals surface area contributed by atoms with Gasteiger partial charge in [-0.1, -0.05) is 26.0 Å². The first-order chi connectivity index (χ1) is 37.1. The van der Waals surface area contributed by atoms with E-state index < -0.39 is 42.4 Å². The molecule has 10 aliphatic rings. The molecule has 12 rings (SSSR count). The lowest BCUT2D eigenvalue weighted by molar-refractivity contribution is -0.125. The number of carbonyl (C=O) groups is 4. The fraction of sp³-hybridized carbons (Fsp3) is 0.559. The van der Waals surface area contributed by atoms with Crippen molar-refractivity contribution in [1.29, 1.82) is 10.5 Å². The fourth-order valence-electron chi connectivity index (χ4n) is 14.9. The number of ether oxygens (including phenoxy) is 4. The number of rotatable bonds is 6. The van der Waals surface area contributed by atoms with Crippen molar-refractivity contribution in [3.05, 3.63) is 102 Å². The summed E-state index contributed by atoms with van der Waals surface area (Å²) in [6.07, 6.45) is 0.988. The minimum absolute atomic E-state index is 0.0410. The minimum atomic E-state index is -0.705. The third kappa shape index (κ3) is 7.90. The zero-order chi connectivity index (χ0) is 55.8. The lowest BCUT2D eigenvalue weighted by Gasteiger charge is -2.60. The summed E-state index contributed by atoms with van der Waals surface area (Å²) in [5.74, 6) is 0.848. The molecule has 19 nitrogen and oxygen atoms in total. The van der Waals surface area contributed by atoms with Gasteiger partial charge in [-0.3, -0.25) is 38.8 Å². The van der Waals surface area contributed by atoms with Crippen LogP contribution in [0, 0.1) is 56.3 Å². The Hall–Kier alpha value is -6.42. The highest BCUT2D eigenvalue weighted by atomic mass is 16.7. The van der Waals surface area contributed by atoms with Gasteiger partial charge in [0.05, 0.1) is 42.3 Å². The molecule has 2 aliphatic carbocycles. The molecule has 78 heavy (non-hydrogen) atoms. The number of amides is 2. The molecule has 2 amide bonds. The van der Waals surface area contributed by atoms with E-state index in [-0.39, 0.29) is 98.0 Å². The van der Waals surface area contributed by atoms with Gasteiger partial charge < -0.3 is 45.5 Å². The summed E-state index contributed by atoms with van der Waals surface area (Å²) < 4.78 is 23.5. The van der Waals surface area contributed by atoms with E-state index in [0.717, 1.165) is 55.7 Å². The summed E-state index contributed by atoms with van der Waals surface area (Å²) in [5, 5.41) is 50.1. The van der Waals surface area contributed by atoms with E-state index in [0.29, 0.717) is 65.2 Å². The quantitative estimate of drug-likeness (QED) is 0.276. The average Bonchev–Trinajstić information content (AvgIpc) is 4.14. The van der Waals surface area contributed by atoms with E-state index in [1.54, 1.807) is 20.8 Å². The van der Waals surface area contributed by atoms with Crippen LogP contribution in [0.3, 0.4) is 0 Å². The molecule has 19 heteroatoms. The summed E-state index contributed by atoms with van der Waals surface area (Å²) in [6, 6.07) is 5.51. The number of nitrogens with one attached hydrogen (secondary N) is 2. The Morgan fingerprint density at radius 3 is 1.44 bits per heavy atom. The first kappa shape index (κ1) is 53.6. The van der Waals surface area contributed by atoms with Crippen LogP contribution in [-0.4, -0.2) is 161 Å². The average molecular weight is 1070 g/mol. The van der Waals surface area contributed by atoms with Crippen LogP contribution in [0.5, 0.6) is 11.5 Å². The fourth-order valence-corrected chi connectivity index (χ4v) is 14.9. The van der Waals surface area contributed by atoms with Crippen molar-refractivity contribution in [2.45, 2.75) is 167 Å². The molecule has 13 atom stereocenters. The molecule has 0 aromatic heterocycles. The molecule has 4 fully saturated rings. The minimum Gasteiger partial charge on any atom is -0.507 e. The molecule has 0 radical (unpaired) electrons. The van der Waals surface area contributed by atoms with Crippen LogP contribution in [-0.2, 0) is 51.0 Å². The number of nitrogens with zero attached hydrogens (tertiary/aromatic N) is 6. The molecule has 4 bridgehead atoms. The molecule has 8 aliphatic heterocycles. The van der Waals surface area contributed by atoms with Gasteiger partial charge in [0.2, 0.25) is 11.8 Å². The van der Waals surface area contributed by atoms with E-state index >= 15 is 0 Å². The molecule has 412 valence electrons. The molecule has 0 spiro atoms. The lowest BCUT2D eigenvalue weighted by atomic mass is 9.69. The molecule has 2 aromatic carbocycles. The second-order valence-electron chi connectivity index (χ2n) is 23.4. The molecule has 6 N–H and O–H groups in total. The van der Waals surface area contributed by atoms with Crippen molar-refractivity contribution < 1.29 is 48.3 Å². The Morgan fingerprint density at radius 2 is 1.06 bits per heavy atom. The van der Waals surface area contributed by atoms with E-state index in [4.69, 9.17) is 24.7 Å². The molecule has 4 saturated heterocycles. The lowest BCUT2D eigenvalue weighted by Crippen LogP contribution is -2.71. The second kappa shape index (κ2) is 19.7. The maximum absolute atomic E-state index is 13.8. The number of hydrogen-bond acceptors (Lipinski definition) is 17. The van der Waals surface area contributed by atoms with E-state index in [2.05, 4.69) is 54.5 Å². The summed E-state index contributed by atoms with van der Waals surface area (Å²) in [4.78, 5) is 61.7. The topological polar surface area (TPSA) is 256 Å². The maximum Gasteiger partial charge on any atom is 0.236 e. The number of phenolic OH excluding ortho intramolecular Hbond substituents is 2. The number of likely N-dealkylation sites (N-methyl/N-ethyl adjacent to an activating group) is 2. The summed E-state index contributed by atoms with van der Waals surface area (Å²) in [7, 11) is 4.03. The number of aryl methyl sites for hydroxylation is 2. The standard InChI is InChI=1S/C30H36N4O5.C29H35N5O5/c1-13(2)30(37)32-11-22-24-18(26(35)16(5)28-29(24)39-12-38-28)9-20-25-23-17(7-14(3)15(4)27(23)36)8-19(33(25)6)21(10-31)34(20)22;1-12-6-16-7-18-20(9-30)34-19(24(33(18)5)22(16)26(36)13(12)2)8-17-23(21(34)10-32-29(37)15(4)31)28-27(38-11-39-28)14(3)25(17)35/h7,13,19-22,25,29,36H,8-9,11-12H2,1-6H3,(H,32,37);6,15,18-21,24,28,36H,7-8,10-11,31H2,1-5H3,(H,32,37)/t19-,20?,21-,22-,25-,29?;15?,18-,19?,20-,21-,24-,28?/m00/s1. The van der Waals surface area contributed by atoms with Crippen molar-refractivity contribution in [3.63, 3.8) is 0 Å². The van der Waals surface area contributed by atoms with Gasteiger partial charge in [0.25, 0.3) is 0 Å². The number of nitriles is 2. The molecule has 0 saturated carbocycles. The Labute approximate surface area is 455 Å². The van der Waals surface area contributed by atoms with Crippen molar-refractivity contribution in [2.75, 3.05) is 40.8 Å². The molecule has 2 aromatic rings. The predicted molar refractivity (Wildman–Crippen MR) is 284 cm³/mol. The van der Waals surface area contributed by atoms with Crippen molar-refractivity contribution in [3.8, 4) is 23.6 Å². The normalized spacial score (nSPS) is 32.1. The molecular formula is C59H71N9O10. The second-order valence-corrected chi connectivity index (χ2v) is 23.4. The Balaban J connectivity index is 0.000000165. The predicted octanol–water partition coefficient (Wildman–Crippen LogP) is 3.80. The van der Waals surface area contributed by atoms with Crippen molar-refractivity contribution >= 4 is 23.4 Å². The number of Topliss-reactive ketones (excluding diaryl/α,β-unsaturated/α-hetero) is 2. The largest absolute Gasteiger partial charge is 0.507 e. The van der Waals surface area contributed by atoms with Gasteiger partial charge in [0.1, 0.15) is 47.3 Å². The van der Waals surface area contributed by atoms with E-state index in [9.17, 15) is 39.9 Å². The summed E-state index contributed by atoms with van der Waals surface area (Å²) in [6.45, 7) is 17.2. The van der Waals surface area contributed by atoms with Crippen molar-refractivity contribution in [2.24, 2.45) is 11.7 Å². The van der Waals surface area contributed by atoms with Crippen LogP contribution >= 0.6 is 0 Å². The van der Waals surface area contributed by atoms with Gasteiger partial charge >= 0.3 is 0 Å². The highest BCUT2D eigenvalue weighted by Crippen LogP contribution is 2.56. The van der Waals surface area contributed by atoms with Crippen LogP contribution in [0.1, 0.15) is 104 Å². The Morgan fingerprint density at radius 1 is 0.667 bits per heavy atom. The molecule has 5 unspecified atom stereocenters. The number of benzene rings is 2. The van der Waals surface area contributed by atoms with Crippen LogP contribution in [0.2, 0.25) is 0 Å². The number of aromatic hydroxyl groups is 2. The van der Waals surface area contributed by atoms with Gasteiger partial charge in [-0.05, 0) is 133 Å². The third-order valence-electron chi connectivity index (χ3n) is 19.1. The molecule has 8 heterocycles. The molecular weight excluding hydrogens is 995 g/mol. The van der Waals surface area contributed by atoms with E-state index in [1.807, 2.05) is 55.6 Å². The van der Waals surface area contributed by atoms with E-state index in [1.165, 1.54) is 0 Å². The first-order valence-electron chi connectivity index (χ1n) is 27.3. The van der Waals surface area contributed by atoms with Gasteiger partial charge in [-0.2, -0.15) is 10.5 Å². The Bertz CT molecular complexity index is 2990. The smallest absolute Gasteiger partial charge is 0.236 e. The zero-order valence-electron chi connectivity index (χ0n) is 46.3. The van der Waals surface area contributed by atoms with Crippen molar-refractivity contribution in [1.82, 2.24) is 30.2 Å². The first-order valence-corrected chi connectivity index (χ1v) is 27.3. The summed E-state index contributed by atoms with van der Waals surface area (Å²) in [5.41, 5.74) is 17.4. The van der Waals surface area contributed by atoms with Crippen LogP contribution in [0.4, 0.5) is 0 Å². The number of piperazine rings is 2. The van der Waals surface area contributed by atoms with Crippen LogP contribution in [0.25, 0.3) is 0 Å². The highest BCUT2D eigenvalue weighted by molar-refractivity contribution is 6.11.